The zero-order valence-corrected chi connectivity index (χ0v) is 15.2. The summed E-state index contributed by atoms with van der Waals surface area (Å²) in [6.07, 6.45) is 0.0169. The van der Waals surface area contributed by atoms with E-state index in [4.69, 9.17) is 32.7 Å². The second kappa shape index (κ2) is 7.62. The normalized spacial score (nSPS) is 20.2. The summed E-state index contributed by atoms with van der Waals surface area (Å²) in [7, 11) is 4.06. The molecule has 0 bridgehead atoms. The van der Waals surface area contributed by atoms with Gasteiger partial charge in [-0.05, 0) is 36.4 Å². The zero-order chi connectivity index (χ0) is 17.1. The minimum atomic E-state index is 0.00430. The van der Waals surface area contributed by atoms with Gasteiger partial charge in [0, 0.05) is 36.4 Å². The number of rotatable bonds is 5. The standard InChI is InChI=1S/C18H20Cl2N2O2/c1-22(2)14-6-3-12(4-7-14)18-21-10-15(24-18)11-23-17-9-13(19)5-8-16(17)20/h3-9,15,18,21H,10-11H2,1-2H3/p+1/t15-,18+/m1/s1. The molecule has 0 radical (unpaired) electrons. The summed E-state index contributed by atoms with van der Waals surface area (Å²) in [6.45, 7) is 1.29. The predicted molar refractivity (Wildman–Crippen MR) is 97.1 cm³/mol. The van der Waals surface area contributed by atoms with Crippen LogP contribution in [0.15, 0.2) is 42.5 Å². The van der Waals surface area contributed by atoms with Crippen LogP contribution < -0.4 is 15.0 Å². The molecular weight excluding hydrogens is 347 g/mol. The maximum Gasteiger partial charge on any atom is 0.217 e. The van der Waals surface area contributed by atoms with Gasteiger partial charge in [0.2, 0.25) is 6.23 Å². The molecule has 128 valence electrons. The summed E-state index contributed by atoms with van der Waals surface area (Å²) in [4.78, 5) is 2.08. The molecule has 3 rings (SSSR count). The van der Waals surface area contributed by atoms with Crippen LogP contribution in [0.1, 0.15) is 11.8 Å². The fourth-order valence-corrected chi connectivity index (χ4v) is 2.98. The highest BCUT2D eigenvalue weighted by Gasteiger charge is 2.30. The van der Waals surface area contributed by atoms with Gasteiger partial charge >= 0.3 is 0 Å². The van der Waals surface area contributed by atoms with Crippen molar-refractivity contribution in [2.75, 3.05) is 32.1 Å². The fourth-order valence-electron chi connectivity index (χ4n) is 2.65. The predicted octanol–water partition coefficient (Wildman–Crippen LogP) is 3.10. The van der Waals surface area contributed by atoms with Crippen molar-refractivity contribution < 1.29 is 14.8 Å². The molecule has 0 unspecified atom stereocenters. The second-order valence-corrected chi connectivity index (χ2v) is 6.87. The van der Waals surface area contributed by atoms with E-state index in [1.807, 2.05) is 14.1 Å². The van der Waals surface area contributed by atoms with Gasteiger partial charge in [-0.2, -0.15) is 0 Å². The SMILES string of the molecule is CN(C)c1ccc([C@H]2[NH2+]C[C@H](COc3cc(Cl)ccc3Cl)O2)cc1. The van der Waals surface area contributed by atoms with Crippen LogP contribution in [-0.2, 0) is 4.74 Å². The highest BCUT2D eigenvalue weighted by Crippen LogP contribution is 2.28. The topological polar surface area (TPSA) is 38.3 Å². The number of halogens is 2. The van der Waals surface area contributed by atoms with E-state index in [1.54, 1.807) is 18.2 Å². The second-order valence-electron chi connectivity index (χ2n) is 6.02. The molecule has 1 saturated heterocycles. The van der Waals surface area contributed by atoms with Crippen LogP contribution in [0.4, 0.5) is 5.69 Å². The summed E-state index contributed by atoms with van der Waals surface area (Å²) in [5.41, 5.74) is 2.33. The van der Waals surface area contributed by atoms with Gasteiger partial charge in [-0.15, -0.1) is 0 Å². The lowest BCUT2D eigenvalue weighted by molar-refractivity contribution is -0.697. The molecule has 1 heterocycles. The number of hydrogen-bond donors (Lipinski definition) is 1. The number of ether oxygens (including phenoxy) is 2. The number of hydrogen-bond acceptors (Lipinski definition) is 3. The molecule has 1 fully saturated rings. The lowest BCUT2D eigenvalue weighted by atomic mass is 10.2. The number of quaternary nitrogens is 1. The Morgan fingerprint density at radius 1 is 1.17 bits per heavy atom. The molecule has 0 aliphatic carbocycles. The molecule has 6 heteroatoms. The first kappa shape index (κ1) is 17.4. The number of anilines is 1. The van der Waals surface area contributed by atoms with E-state index in [0.717, 1.165) is 12.1 Å². The van der Waals surface area contributed by atoms with Gasteiger partial charge in [0.1, 0.15) is 25.0 Å². The Balaban J connectivity index is 1.56. The molecule has 2 atom stereocenters. The van der Waals surface area contributed by atoms with Crippen molar-refractivity contribution in [1.82, 2.24) is 0 Å². The maximum absolute atomic E-state index is 6.11. The van der Waals surface area contributed by atoms with E-state index in [9.17, 15) is 0 Å². The molecular formula is C18H21Cl2N2O2+. The van der Waals surface area contributed by atoms with Gasteiger partial charge in [0.25, 0.3) is 0 Å². The van der Waals surface area contributed by atoms with Crippen LogP contribution in [-0.4, -0.2) is 33.4 Å². The molecule has 2 aromatic carbocycles. The van der Waals surface area contributed by atoms with Crippen LogP contribution in [0.25, 0.3) is 0 Å². The third-order valence-corrected chi connectivity index (χ3v) is 4.56. The fraction of sp³-hybridized carbons (Fsp3) is 0.333. The molecule has 0 amide bonds. The van der Waals surface area contributed by atoms with E-state index >= 15 is 0 Å². The van der Waals surface area contributed by atoms with Crippen LogP contribution in [0.5, 0.6) is 5.75 Å². The van der Waals surface area contributed by atoms with Crippen molar-refractivity contribution in [2.45, 2.75) is 12.3 Å². The quantitative estimate of drug-likeness (QED) is 0.882. The van der Waals surface area contributed by atoms with Gasteiger partial charge in [-0.3, -0.25) is 0 Å². The van der Waals surface area contributed by atoms with Gasteiger partial charge in [0.05, 0.1) is 5.02 Å². The van der Waals surface area contributed by atoms with Crippen LogP contribution in [0.3, 0.4) is 0 Å². The molecule has 1 aliphatic rings. The number of nitrogens with two attached hydrogens (primary N) is 1. The van der Waals surface area contributed by atoms with Gasteiger partial charge < -0.3 is 19.7 Å². The summed E-state index contributed by atoms with van der Waals surface area (Å²) in [5.74, 6) is 0.589. The summed E-state index contributed by atoms with van der Waals surface area (Å²) in [6, 6.07) is 13.6. The molecule has 2 aromatic rings. The third-order valence-electron chi connectivity index (χ3n) is 4.01. The number of benzene rings is 2. The van der Waals surface area contributed by atoms with Gasteiger partial charge in [-0.1, -0.05) is 23.2 Å². The van der Waals surface area contributed by atoms with E-state index in [0.29, 0.717) is 22.4 Å². The average Bonchev–Trinajstić information content (AvgIpc) is 3.05. The molecule has 0 saturated carbocycles. The Morgan fingerprint density at radius 3 is 2.62 bits per heavy atom. The largest absolute Gasteiger partial charge is 0.489 e. The van der Waals surface area contributed by atoms with Gasteiger partial charge in [0.15, 0.2) is 0 Å². The Kier molecular flexibility index (Phi) is 5.51. The van der Waals surface area contributed by atoms with Crippen LogP contribution in [0.2, 0.25) is 10.0 Å². The third kappa shape index (κ3) is 4.14. The summed E-state index contributed by atoms with van der Waals surface area (Å²) < 4.78 is 11.8. The first-order valence-electron chi connectivity index (χ1n) is 7.87. The first-order valence-corrected chi connectivity index (χ1v) is 8.62. The van der Waals surface area contributed by atoms with Crippen molar-refractivity contribution >= 4 is 28.9 Å². The lowest BCUT2D eigenvalue weighted by Crippen LogP contribution is -2.82. The van der Waals surface area contributed by atoms with Crippen molar-refractivity contribution in [3.05, 3.63) is 58.1 Å². The molecule has 1 aliphatic heterocycles. The molecule has 0 aromatic heterocycles. The zero-order valence-electron chi connectivity index (χ0n) is 13.7. The smallest absolute Gasteiger partial charge is 0.217 e. The van der Waals surface area contributed by atoms with E-state index < -0.39 is 0 Å². The minimum Gasteiger partial charge on any atom is -0.489 e. The van der Waals surface area contributed by atoms with Crippen molar-refractivity contribution in [2.24, 2.45) is 0 Å². The van der Waals surface area contributed by atoms with Crippen molar-refractivity contribution in [1.29, 1.82) is 0 Å². The number of nitrogens with zero attached hydrogens (tertiary/aromatic N) is 1. The van der Waals surface area contributed by atoms with E-state index in [2.05, 4.69) is 34.5 Å². The molecule has 2 N–H and O–H groups in total. The molecule has 0 spiro atoms. The Morgan fingerprint density at radius 2 is 1.92 bits per heavy atom. The van der Waals surface area contributed by atoms with Crippen LogP contribution in [0, 0.1) is 0 Å². The summed E-state index contributed by atoms with van der Waals surface area (Å²) >= 11 is 12.1. The highest BCUT2D eigenvalue weighted by atomic mass is 35.5. The molecule has 24 heavy (non-hydrogen) atoms. The Bertz CT molecular complexity index is 692. The lowest BCUT2D eigenvalue weighted by Gasteiger charge is -2.14. The van der Waals surface area contributed by atoms with Crippen LogP contribution >= 0.6 is 23.2 Å². The Labute approximate surface area is 152 Å². The van der Waals surface area contributed by atoms with E-state index in [1.165, 1.54) is 5.69 Å². The Hall–Kier alpha value is -1.46. The van der Waals surface area contributed by atoms with Crippen molar-refractivity contribution in [3.8, 4) is 5.75 Å². The maximum atomic E-state index is 6.11. The van der Waals surface area contributed by atoms with Gasteiger partial charge in [-0.25, -0.2) is 0 Å². The van der Waals surface area contributed by atoms with E-state index in [-0.39, 0.29) is 12.3 Å². The average molecular weight is 368 g/mol. The first-order chi connectivity index (χ1) is 11.5. The molecule has 4 nitrogen and oxygen atoms in total. The minimum absolute atomic E-state index is 0.00430. The summed E-state index contributed by atoms with van der Waals surface area (Å²) in [5, 5.41) is 3.34. The highest BCUT2D eigenvalue weighted by molar-refractivity contribution is 6.34. The monoisotopic (exact) mass is 367 g/mol. The van der Waals surface area contributed by atoms with Crippen molar-refractivity contribution in [3.63, 3.8) is 0 Å².